The minimum atomic E-state index is -0.610. The molecule has 2 aromatic rings. The van der Waals surface area contributed by atoms with Gasteiger partial charge in [0.15, 0.2) is 5.75 Å². The summed E-state index contributed by atoms with van der Waals surface area (Å²) >= 11 is 0. The number of hydrogen-bond acceptors (Lipinski definition) is 4. The van der Waals surface area contributed by atoms with Crippen molar-refractivity contribution in [3.8, 4) is 17.0 Å². The molecule has 0 saturated carbocycles. The van der Waals surface area contributed by atoms with Crippen molar-refractivity contribution < 1.29 is 14.6 Å². The molecule has 0 amide bonds. The second-order valence-corrected chi connectivity index (χ2v) is 4.67. The maximum atomic E-state index is 11.8. The van der Waals surface area contributed by atoms with Crippen LogP contribution in [0.2, 0.25) is 0 Å². The van der Waals surface area contributed by atoms with Gasteiger partial charge in [-0.2, -0.15) is 5.10 Å². The zero-order chi connectivity index (χ0) is 14.7. The molecule has 1 aromatic heterocycles. The molecule has 0 saturated heterocycles. The van der Waals surface area contributed by atoms with E-state index in [-0.39, 0.29) is 24.1 Å². The van der Waals surface area contributed by atoms with Gasteiger partial charge < -0.3 is 9.84 Å². The number of benzene rings is 1. The van der Waals surface area contributed by atoms with Gasteiger partial charge in [0.2, 0.25) is 5.69 Å². The number of aromatic hydroxyl groups is 1. The van der Waals surface area contributed by atoms with E-state index in [1.165, 1.54) is 0 Å². The normalized spacial score (nSPS) is 10.8. The van der Waals surface area contributed by atoms with Crippen LogP contribution in [0.25, 0.3) is 11.3 Å². The summed E-state index contributed by atoms with van der Waals surface area (Å²) in [5.74, 6) is -0.745. The van der Waals surface area contributed by atoms with E-state index >= 15 is 0 Å². The van der Waals surface area contributed by atoms with Gasteiger partial charge in [-0.1, -0.05) is 30.3 Å². The monoisotopic (exact) mass is 274 g/mol. The van der Waals surface area contributed by atoms with Crippen molar-refractivity contribution in [2.24, 2.45) is 0 Å². The van der Waals surface area contributed by atoms with E-state index in [9.17, 15) is 9.90 Å². The first-order chi connectivity index (χ1) is 9.56. The summed E-state index contributed by atoms with van der Waals surface area (Å²) in [7, 11) is 0. The molecule has 1 heterocycles. The standard InChI is InChI=1S/C15H18N2O3/c1-4-20-15(19)12-14(18)13(17(16-12)10(2)3)11-8-6-5-7-9-11/h5-10,18H,4H2,1-3H3. The highest BCUT2D eigenvalue weighted by Gasteiger charge is 2.25. The third-order valence-electron chi connectivity index (χ3n) is 2.89. The maximum Gasteiger partial charge on any atom is 0.362 e. The minimum absolute atomic E-state index is 0.0132. The van der Waals surface area contributed by atoms with Crippen LogP contribution >= 0.6 is 0 Å². The summed E-state index contributed by atoms with van der Waals surface area (Å²) in [6.07, 6.45) is 0. The molecule has 20 heavy (non-hydrogen) atoms. The number of nitrogens with zero attached hydrogens (tertiary/aromatic N) is 2. The fourth-order valence-corrected chi connectivity index (χ4v) is 2.00. The first-order valence-corrected chi connectivity index (χ1v) is 6.60. The van der Waals surface area contributed by atoms with Crippen molar-refractivity contribution in [1.82, 2.24) is 9.78 Å². The number of carbonyl (C=O) groups excluding carboxylic acids is 1. The number of ether oxygens (including phenoxy) is 1. The molecule has 0 aliphatic carbocycles. The lowest BCUT2D eigenvalue weighted by Crippen LogP contribution is -2.09. The van der Waals surface area contributed by atoms with E-state index in [2.05, 4.69) is 5.10 Å². The summed E-state index contributed by atoms with van der Waals surface area (Å²) in [6, 6.07) is 9.38. The van der Waals surface area contributed by atoms with Gasteiger partial charge in [-0.25, -0.2) is 4.79 Å². The average molecular weight is 274 g/mol. The molecule has 106 valence electrons. The molecule has 0 unspecified atom stereocenters. The lowest BCUT2D eigenvalue weighted by molar-refractivity contribution is 0.0515. The van der Waals surface area contributed by atoms with Gasteiger partial charge in [-0.05, 0) is 20.8 Å². The third kappa shape index (κ3) is 2.52. The van der Waals surface area contributed by atoms with Crippen LogP contribution in [0, 0.1) is 0 Å². The molecular weight excluding hydrogens is 256 g/mol. The largest absolute Gasteiger partial charge is 0.504 e. The third-order valence-corrected chi connectivity index (χ3v) is 2.89. The Labute approximate surface area is 117 Å². The van der Waals surface area contributed by atoms with Crippen molar-refractivity contribution in [2.45, 2.75) is 26.8 Å². The Hall–Kier alpha value is -2.30. The highest BCUT2D eigenvalue weighted by Crippen LogP contribution is 2.34. The zero-order valence-corrected chi connectivity index (χ0v) is 11.8. The molecule has 1 N–H and O–H groups in total. The van der Waals surface area contributed by atoms with Crippen LogP contribution in [0.1, 0.15) is 37.3 Å². The SMILES string of the molecule is CCOC(=O)c1nn(C(C)C)c(-c2ccccc2)c1O. The van der Waals surface area contributed by atoms with Crippen LogP contribution in [0.4, 0.5) is 0 Å². The molecule has 0 aliphatic heterocycles. The fraction of sp³-hybridized carbons (Fsp3) is 0.333. The Morgan fingerprint density at radius 3 is 2.55 bits per heavy atom. The molecule has 5 nitrogen and oxygen atoms in total. The van der Waals surface area contributed by atoms with Crippen molar-refractivity contribution >= 4 is 5.97 Å². The predicted molar refractivity (Wildman–Crippen MR) is 75.7 cm³/mol. The van der Waals surface area contributed by atoms with Gasteiger partial charge in [0, 0.05) is 11.6 Å². The molecule has 0 spiro atoms. The van der Waals surface area contributed by atoms with Crippen LogP contribution < -0.4 is 0 Å². The van der Waals surface area contributed by atoms with Gasteiger partial charge >= 0.3 is 5.97 Å². The van der Waals surface area contributed by atoms with E-state index in [1.54, 1.807) is 11.6 Å². The maximum absolute atomic E-state index is 11.8. The summed E-state index contributed by atoms with van der Waals surface area (Å²) < 4.78 is 6.55. The number of carbonyl (C=O) groups is 1. The number of rotatable bonds is 4. The molecule has 5 heteroatoms. The number of hydrogen-bond donors (Lipinski definition) is 1. The Balaban J connectivity index is 2.58. The Morgan fingerprint density at radius 1 is 1.35 bits per heavy atom. The smallest absolute Gasteiger partial charge is 0.362 e. The first kappa shape index (κ1) is 14.1. The quantitative estimate of drug-likeness (QED) is 0.870. The van der Waals surface area contributed by atoms with Crippen LogP contribution in [-0.4, -0.2) is 27.5 Å². The molecular formula is C15H18N2O3. The van der Waals surface area contributed by atoms with Crippen LogP contribution in [-0.2, 0) is 4.74 Å². The van der Waals surface area contributed by atoms with Gasteiger partial charge in [-0.15, -0.1) is 0 Å². The van der Waals surface area contributed by atoms with E-state index < -0.39 is 5.97 Å². The van der Waals surface area contributed by atoms with E-state index in [0.29, 0.717) is 5.69 Å². The van der Waals surface area contributed by atoms with Crippen LogP contribution in [0.3, 0.4) is 0 Å². The van der Waals surface area contributed by atoms with Gasteiger partial charge in [-0.3, -0.25) is 4.68 Å². The molecule has 0 atom stereocenters. The van der Waals surface area contributed by atoms with Crippen molar-refractivity contribution in [3.63, 3.8) is 0 Å². The topological polar surface area (TPSA) is 64.3 Å². The molecule has 0 radical (unpaired) electrons. The lowest BCUT2D eigenvalue weighted by atomic mass is 10.1. The number of esters is 1. The first-order valence-electron chi connectivity index (χ1n) is 6.60. The molecule has 0 fully saturated rings. The zero-order valence-electron chi connectivity index (χ0n) is 11.8. The Kier molecular flexibility index (Phi) is 4.08. The van der Waals surface area contributed by atoms with E-state index in [1.807, 2.05) is 44.2 Å². The molecule has 2 rings (SSSR count). The van der Waals surface area contributed by atoms with Crippen molar-refractivity contribution in [1.29, 1.82) is 0 Å². The van der Waals surface area contributed by atoms with E-state index in [0.717, 1.165) is 5.56 Å². The minimum Gasteiger partial charge on any atom is -0.504 e. The highest BCUT2D eigenvalue weighted by molar-refractivity contribution is 5.93. The van der Waals surface area contributed by atoms with E-state index in [4.69, 9.17) is 4.74 Å². The predicted octanol–water partition coefficient (Wildman–Crippen LogP) is 3.01. The average Bonchev–Trinajstić information content (AvgIpc) is 2.78. The Morgan fingerprint density at radius 2 is 2.00 bits per heavy atom. The summed E-state index contributed by atoms with van der Waals surface area (Å²) in [5, 5.41) is 14.5. The second-order valence-electron chi connectivity index (χ2n) is 4.67. The van der Waals surface area contributed by atoms with Crippen molar-refractivity contribution in [3.05, 3.63) is 36.0 Å². The Bertz CT molecular complexity index is 603. The highest BCUT2D eigenvalue weighted by atomic mass is 16.5. The summed E-state index contributed by atoms with van der Waals surface area (Å²) in [6.45, 7) is 5.83. The van der Waals surface area contributed by atoms with Gasteiger partial charge in [0.05, 0.1) is 6.61 Å². The van der Waals surface area contributed by atoms with Gasteiger partial charge in [0.1, 0.15) is 5.69 Å². The van der Waals surface area contributed by atoms with Crippen molar-refractivity contribution in [2.75, 3.05) is 6.61 Å². The fourth-order valence-electron chi connectivity index (χ4n) is 2.00. The molecule has 1 aromatic carbocycles. The van der Waals surface area contributed by atoms with Crippen LogP contribution in [0.15, 0.2) is 30.3 Å². The lowest BCUT2D eigenvalue weighted by Gasteiger charge is -2.10. The summed E-state index contributed by atoms with van der Waals surface area (Å²) in [4.78, 5) is 11.8. The summed E-state index contributed by atoms with van der Waals surface area (Å²) in [5.41, 5.74) is 1.30. The molecule has 0 bridgehead atoms. The second kappa shape index (κ2) is 5.77. The number of aromatic nitrogens is 2. The van der Waals surface area contributed by atoms with Crippen LogP contribution in [0.5, 0.6) is 5.75 Å². The van der Waals surface area contributed by atoms with Gasteiger partial charge in [0.25, 0.3) is 0 Å². The molecule has 0 aliphatic rings.